The Bertz CT molecular complexity index is 481. The number of carbonyl (C=O) groups is 1. The van der Waals surface area contributed by atoms with Gasteiger partial charge in [-0.15, -0.1) is 0 Å². The van der Waals surface area contributed by atoms with Crippen molar-refractivity contribution in [2.24, 2.45) is 12.5 Å². The minimum Gasteiger partial charge on any atom is -0.444 e. The molecule has 1 aromatic rings. The second kappa shape index (κ2) is 7.58. The summed E-state index contributed by atoms with van der Waals surface area (Å²) >= 11 is 0. The molecule has 1 rings (SSSR count). The van der Waals surface area contributed by atoms with Gasteiger partial charge in [0.1, 0.15) is 17.8 Å². The topological polar surface area (TPSA) is 89.3 Å². The molecule has 1 heterocycles. The Labute approximate surface area is 132 Å². The first kappa shape index (κ1) is 18.4. The van der Waals surface area contributed by atoms with Crippen LogP contribution in [0.1, 0.15) is 46.4 Å². The molecule has 22 heavy (non-hydrogen) atoms. The van der Waals surface area contributed by atoms with Gasteiger partial charge in [-0.3, -0.25) is 4.68 Å². The number of aliphatic hydroxyl groups excluding tert-OH is 1. The molecule has 0 aliphatic heterocycles. The first-order chi connectivity index (χ1) is 10.2. The van der Waals surface area contributed by atoms with Crippen LogP contribution in [0.3, 0.4) is 0 Å². The number of hydrogen-bond acceptors (Lipinski definition) is 5. The Hall–Kier alpha value is -1.63. The average Bonchev–Trinajstić information content (AvgIpc) is 2.80. The van der Waals surface area contributed by atoms with Crippen molar-refractivity contribution in [3.05, 3.63) is 12.2 Å². The maximum absolute atomic E-state index is 11.8. The van der Waals surface area contributed by atoms with Crippen molar-refractivity contribution in [2.45, 2.75) is 52.6 Å². The summed E-state index contributed by atoms with van der Waals surface area (Å²) in [5.74, 6) is 0.786. The van der Waals surface area contributed by atoms with Crippen LogP contribution in [0.15, 0.2) is 6.33 Å². The van der Waals surface area contributed by atoms with Crippen LogP contribution in [0, 0.1) is 5.41 Å². The number of alkyl carbamates (subject to hydrolysis) is 1. The van der Waals surface area contributed by atoms with E-state index in [2.05, 4.69) is 22.3 Å². The predicted octanol–water partition coefficient (Wildman–Crippen LogP) is 1.66. The van der Waals surface area contributed by atoms with Crippen LogP contribution in [-0.2, 0) is 18.2 Å². The summed E-state index contributed by atoms with van der Waals surface area (Å²) in [4.78, 5) is 16.1. The van der Waals surface area contributed by atoms with Crippen molar-refractivity contribution in [3.63, 3.8) is 0 Å². The summed E-state index contributed by atoms with van der Waals surface area (Å²) in [7, 11) is 1.82. The van der Waals surface area contributed by atoms with Crippen molar-refractivity contribution in [1.29, 1.82) is 0 Å². The smallest absolute Gasteiger partial charge is 0.407 e. The Balaban J connectivity index is 2.75. The standard InChI is InChI=1S/C15H28N4O3/c1-6-7-15(10-20,8-12-17-11-18-19(12)5)9-16-13(21)22-14(2,3)4/h11,20H,6-10H2,1-5H3,(H,16,21). The molecule has 0 saturated heterocycles. The Morgan fingerprint density at radius 1 is 1.45 bits per heavy atom. The molecule has 0 bridgehead atoms. The van der Waals surface area contributed by atoms with E-state index >= 15 is 0 Å². The molecule has 0 aromatic carbocycles. The largest absolute Gasteiger partial charge is 0.444 e. The van der Waals surface area contributed by atoms with Crippen LogP contribution in [0.2, 0.25) is 0 Å². The quantitative estimate of drug-likeness (QED) is 0.799. The number of aryl methyl sites for hydroxylation is 1. The van der Waals surface area contributed by atoms with Gasteiger partial charge in [0.15, 0.2) is 0 Å². The minimum atomic E-state index is -0.541. The zero-order valence-electron chi connectivity index (χ0n) is 14.2. The second-order valence-electron chi connectivity index (χ2n) is 6.74. The molecule has 0 radical (unpaired) electrons. The van der Waals surface area contributed by atoms with Crippen molar-refractivity contribution >= 4 is 6.09 Å². The molecule has 0 fully saturated rings. The summed E-state index contributed by atoms with van der Waals surface area (Å²) in [5.41, 5.74) is -1.01. The molecule has 1 atom stereocenters. The molecule has 0 spiro atoms. The maximum atomic E-state index is 11.8. The lowest BCUT2D eigenvalue weighted by Crippen LogP contribution is -2.43. The summed E-state index contributed by atoms with van der Waals surface area (Å²) < 4.78 is 6.94. The zero-order valence-corrected chi connectivity index (χ0v) is 14.2. The molecule has 0 aliphatic rings. The van der Waals surface area contributed by atoms with Gasteiger partial charge in [0.25, 0.3) is 0 Å². The fraction of sp³-hybridized carbons (Fsp3) is 0.800. The highest BCUT2D eigenvalue weighted by atomic mass is 16.6. The van der Waals surface area contributed by atoms with E-state index in [9.17, 15) is 9.90 Å². The molecule has 0 saturated carbocycles. The number of rotatable bonds is 7. The van der Waals surface area contributed by atoms with Gasteiger partial charge in [-0.05, 0) is 27.2 Å². The number of nitrogens with zero attached hydrogens (tertiary/aromatic N) is 3. The minimum absolute atomic E-state index is 0.0382. The molecular formula is C15H28N4O3. The third-order valence-corrected chi connectivity index (χ3v) is 3.46. The number of aromatic nitrogens is 3. The third kappa shape index (κ3) is 5.63. The van der Waals surface area contributed by atoms with Gasteiger partial charge in [-0.1, -0.05) is 13.3 Å². The van der Waals surface area contributed by atoms with E-state index in [1.807, 2.05) is 27.8 Å². The molecule has 2 N–H and O–H groups in total. The first-order valence-corrected chi connectivity index (χ1v) is 7.62. The Kier molecular flexibility index (Phi) is 6.34. The van der Waals surface area contributed by atoms with Crippen molar-refractivity contribution in [2.75, 3.05) is 13.2 Å². The summed E-state index contributed by atoms with van der Waals surface area (Å²) in [5, 5.41) is 16.7. The Morgan fingerprint density at radius 2 is 2.14 bits per heavy atom. The molecule has 0 aliphatic carbocycles. The van der Waals surface area contributed by atoms with Crippen molar-refractivity contribution in [1.82, 2.24) is 20.1 Å². The number of aliphatic hydroxyl groups is 1. The van der Waals surface area contributed by atoms with Gasteiger partial charge in [0.2, 0.25) is 0 Å². The van der Waals surface area contributed by atoms with Crippen LogP contribution in [0.5, 0.6) is 0 Å². The summed E-state index contributed by atoms with van der Waals surface area (Å²) in [6, 6.07) is 0. The van der Waals surface area contributed by atoms with E-state index in [1.54, 1.807) is 4.68 Å². The van der Waals surface area contributed by atoms with Crippen LogP contribution >= 0.6 is 0 Å². The summed E-state index contributed by atoms with van der Waals surface area (Å²) in [6.07, 6.45) is 3.23. The number of hydrogen-bond donors (Lipinski definition) is 2. The highest BCUT2D eigenvalue weighted by molar-refractivity contribution is 5.67. The molecule has 1 unspecified atom stereocenters. The van der Waals surface area contributed by atoms with E-state index in [0.29, 0.717) is 13.0 Å². The van der Waals surface area contributed by atoms with E-state index in [1.165, 1.54) is 6.33 Å². The van der Waals surface area contributed by atoms with Crippen LogP contribution in [-0.4, -0.2) is 44.7 Å². The normalized spacial score (nSPS) is 14.5. The van der Waals surface area contributed by atoms with Crippen molar-refractivity contribution < 1.29 is 14.6 Å². The number of carbonyl (C=O) groups excluding carboxylic acids is 1. The number of ether oxygens (including phenoxy) is 1. The molecule has 1 aromatic heterocycles. The van der Waals surface area contributed by atoms with E-state index < -0.39 is 17.1 Å². The highest BCUT2D eigenvalue weighted by Gasteiger charge is 2.32. The molecule has 1 amide bonds. The van der Waals surface area contributed by atoms with Crippen LogP contribution in [0.4, 0.5) is 4.79 Å². The Morgan fingerprint density at radius 3 is 2.59 bits per heavy atom. The fourth-order valence-corrected chi connectivity index (χ4v) is 2.35. The maximum Gasteiger partial charge on any atom is 0.407 e. The SMILES string of the molecule is CCCC(CO)(CNC(=O)OC(C)(C)C)Cc1ncnn1C. The fourth-order valence-electron chi connectivity index (χ4n) is 2.35. The van der Waals surface area contributed by atoms with Gasteiger partial charge >= 0.3 is 6.09 Å². The summed E-state index contributed by atoms with van der Waals surface area (Å²) in [6.45, 7) is 7.80. The average molecular weight is 312 g/mol. The van der Waals surface area contributed by atoms with E-state index in [-0.39, 0.29) is 6.61 Å². The van der Waals surface area contributed by atoms with Crippen LogP contribution in [0.25, 0.3) is 0 Å². The van der Waals surface area contributed by atoms with E-state index in [0.717, 1.165) is 18.7 Å². The van der Waals surface area contributed by atoms with Gasteiger partial charge in [0, 0.05) is 25.4 Å². The lowest BCUT2D eigenvalue weighted by molar-refractivity contribution is 0.0452. The highest BCUT2D eigenvalue weighted by Crippen LogP contribution is 2.27. The lowest BCUT2D eigenvalue weighted by atomic mass is 9.80. The molecule has 7 nitrogen and oxygen atoms in total. The third-order valence-electron chi connectivity index (χ3n) is 3.46. The lowest BCUT2D eigenvalue weighted by Gasteiger charge is -2.32. The second-order valence-corrected chi connectivity index (χ2v) is 6.74. The number of nitrogens with one attached hydrogen (secondary N) is 1. The zero-order chi connectivity index (χ0) is 16.8. The van der Waals surface area contributed by atoms with E-state index in [4.69, 9.17) is 4.74 Å². The molecule has 126 valence electrons. The number of amides is 1. The van der Waals surface area contributed by atoms with Gasteiger partial charge < -0.3 is 15.2 Å². The monoisotopic (exact) mass is 312 g/mol. The molecule has 7 heteroatoms. The van der Waals surface area contributed by atoms with Gasteiger partial charge in [-0.25, -0.2) is 9.78 Å². The first-order valence-electron chi connectivity index (χ1n) is 7.62. The van der Waals surface area contributed by atoms with Crippen molar-refractivity contribution in [3.8, 4) is 0 Å². The van der Waals surface area contributed by atoms with Gasteiger partial charge in [0.05, 0.1) is 6.61 Å². The van der Waals surface area contributed by atoms with Gasteiger partial charge in [-0.2, -0.15) is 5.10 Å². The predicted molar refractivity (Wildman–Crippen MR) is 83.4 cm³/mol. The van der Waals surface area contributed by atoms with Crippen LogP contribution < -0.4 is 5.32 Å². The molecular weight excluding hydrogens is 284 g/mol.